The van der Waals surface area contributed by atoms with Crippen molar-refractivity contribution in [3.63, 3.8) is 0 Å². The quantitative estimate of drug-likeness (QED) is 0.204. The molecule has 1 aliphatic heterocycles. The lowest BCUT2D eigenvalue weighted by Crippen LogP contribution is -2.33. The smallest absolute Gasteiger partial charge is 0.158 e. The van der Waals surface area contributed by atoms with E-state index < -0.39 is 0 Å². The van der Waals surface area contributed by atoms with Gasteiger partial charge in [0.1, 0.15) is 36.6 Å². The molecular weight excluding hydrogens is 540 g/mol. The van der Waals surface area contributed by atoms with Gasteiger partial charge < -0.3 is 24.6 Å². The minimum atomic E-state index is 0.454. The van der Waals surface area contributed by atoms with E-state index >= 15 is 0 Å². The molecule has 0 saturated carbocycles. The van der Waals surface area contributed by atoms with Gasteiger partial charge in [0.25, 0.3) is 0 Å². The molecule has 4 heterocycles. The topological polar surface area (TPSA) is 92.9 Å². The second kappa shape index (κ2) is 12.0. The van der Waals surface area contributed by atoms with Crippen LogP contribution in [0.3, 0.4) is 0 Å². The number of hydrogen-bond acceptors (Lipinski definition) is 9. The van der Waals surface area contributed by atoms with Gasteiger partial charge in [-0.05, 0) is 49.5 Å². The third-order valence-corrected chi connectivity index (χ3v) is 7.40. The molecule has 5 aromatic rings. The Morgan fingerprint density at radius 1 is 1.05 bits per heavy atom. The summed E-state index contributed by atoms with van der Waals surface area (Å²) in [5, 5.41) is 8.80. The minimum Gasteiger partial charge on any atom is -0.489 e. The Morgan fingerprint density at radius 2 is 1.95 bits per heavy atom. The highest BCUT2D eigenvalue weighted by Gasteiger charge is 2.22. The molecule has 210 valence electrons. The number of aromatic nitrogens is 5. The molecule has 0 fully saturated rings. The van der Waals surface area contributed by atoms with E-state index in [1.165, 1.54) is 6.33 Å². The fraction of sp³-hybridized carbons (Fsp3) is 0.267. The minimum absolute atomic E-state index is 0.454. The predicted octanol–water partition coefficient (Wildman–Crippen LogP) is 5.96. The Labute approximate surface area is 243 Å². The molecule has 1 N–H and O–H groups in total. The van der Waals surface area contributed by atoms with Crippen molar-refractivity contribution in [1.29, 1.82) is 0 Å². The van der Waals surface area contributed by atoms with Crippen molar-refractivity contribution in [2.24, 2.45) is 0 Å². The van der Waals surface area contributed by atoms with Gasteiger partial charge >= 0.3 is 0 Å². The molecule has 0 amide bonds. The number of anilines is 3. The summed E-state index contributed by atoms with van der Waals surface area (Å²) in [5.74, 6) is 2.57. The van der Waals surface area contributed by atoms with Gasteiger partial charge in [-0.2, -0.15) is 5.10 Å². The fourth-order valence-electron chi connectivity index (χ4n) is 4.86. The number of hydrogen-bond donors (Lipinski definition) is 1. The number of likely N-dealkylation sites (N-methyl/N-ethyl adjacent to an activating group) is 1. The Hall–Kier alpha value is -4.41. The van der Waals surface area contributed by atoms with Crippen LogP contribution >= 0.6 is 11.6 Å². The monoisotopic (exact) mass is 570 g/mol. The molecule has 41 heavy (non-hydrogen) atoms. The van der Waals surface area contributed by atoms with Gasteiger partial charge in [0.05, 0.1) is 28.2 Å². The van der Waals surface area contributed by atoms with Crippen molar-refractivity contribution < 1.29 is 9.47 Å². The van der Waals surface area contributed by atoms with Crippen LogP contribution in [0.2, 0.25) is 5.02 Å². The summed E-state index contributed by atoms with van der Waals surface area (Å²) in [5.41, 5.74) is 3.28. The van der Waals surface area contributed by atoms with Crippen molar-refractivity contribution >= 4 is 45.3 Å². The molecule has 6 rings (SSSR count). The Kier molecular flexibility index (Phi) is 7.84. The van der Waals surface area contributed by atoms with Gasteiger partial charge in [0.15, 0.2) is 11.4 Å². The molecule has 2 aromatic carbocycles. The average molecular weight is 571 g/mol. The number of nitrogens with zero attached hydrogens (tertiary/aromatic N) is 7. The summed E-state index contributed by atoms with van der Waals surface area (Å²) in [6.45, 7) is 9.62. The predicted molar refractivity (Wildman–Crippen MR) is 162 cm³/mol. The van der Waals surface area contributed by atoms with Gasteiger partial charge in [-0.3, -0.25) is 0 Å². The summed E-state index contributed by atoms with van der Waals surface area (Å²) >= 11 is 6.62. The first-order chi connectivity index (χ1) is 20.1. The van der Waals surface area contributed by atoms with E-state index in [9.17, 15) is 0 Å². The van der Waals surface area contributed by atoms with Crippen LogP contribution in [0, 0.1) is 0 Å². The van der Waals surface area contributed by atoms with Crippen LogP contribution in [0.5, 0.6) is 17.2 Å². The second-order valence-corrected chi connectivity index (χ2v) is 9.99. The maximum absolute atomic E-state index is 6.62. The van der Waals surface area contributed by atoms with E-state index in [2.05, 4.69) is 67.2 Å². The lowest BCUT2D eigenvalue weighted by molar-refractivity contribution is 0.313. The van der Waals surface area contributed by atoms with Crippen LogP contribution in [0.15, 0.2) is 73.5 Å². The van der Waals surface area contributed by atoms with E-state index in [1.54, 1.807) is 23.1 Å². The highest BCUT2D eigenvalue weighted by atomic mass is 35.5. The number of rotatable bonds is 10. The molecule has 0 saturated heterocycles. The molecule has 0 radical (unpaired) electrons. The van der Waals surface area contributed by atoms with Crippen LogP contribution < -0.4 is 19.7 Å². The fourth-order valence-corrected chi connectivity index (χ4v) is 5.08. The first-order valence-corrected chi connectivity index (χ1v) is 14.1. The molecule has 1 aliphatic rings. The second-order valence-electron chi connectivity index (χ2n) is 9.58. The van der Waals surface area contributed by atoms with Gasteiger partial charge in [-0.25, -0.2) is 19.5 Å². The number of halogens is 1. The van der Waals surface area contributed by atoms with Gasteiger partial charge in [0.2, 0.25) is 0 Å². The molecule has 3 aromatic heterocycles. The van der Waals surface area contributed by atoms with E-state index in [1.807, 2.05) is 30.3 Å². The first kappa shape index (κ1) is 26.8. The van der Waals surface area contributed by atoms with Crippen molar-refractivity contribution in [3.05, 3.63) is 78.5 Å². The first-order valence-electron chi connectivity index (χ1n) is 13.7. The number of nitrogens with one attached hydrogen (secondary N) is 1. The molecule has 0 unspecified atom stereocenters. The van der Waals surface area contributed by atoms with Crippen LogP contribution in [0.1, 0.15) is 13.8 Å². The molecular formula is C30H31ClN8O2. The average Bonchev–Trinajstić information content (AvgIpc) is 3.47. The lowest BCUT2D eigenvalue weighted by atomic mass is 10.1. The van der Waals surface area contributed by atoms with E-state index in [4.69, 9.17) is 21.1 Å². The highest BCUT2D eigenvalue weighted by molar-refractivity contribution is 6.32. The summed E-state index contributed by atoms with van der Waals surface area (Å²) in [6.07, 6.45) is 9.30. The van der Waals surface area contributed by atoms with Gasteiger partial charge in [0, 0.05) is 31.0 Å². The summed E-state index contributed by atoms with van der Waals surface area (Å²) < 4.78 is 13.9. The van der Waals surface area contributed by atoms with E-state index in [-0.39, 0.29) is 0 Å². The van der Waals surface area contributed by atoms with Crippen molar-refractivity contribution in [1.82, 2.24) is 29.5 Å². The molecule has 0 spiro atoms. The third-order valence-electron chi connectivity index (χ3n) is 7.11. The normalized spacial score (nSPS) is 13.2. The number of fused-ring (bicyclic) bond motifs is 4. The summed E-state index contributed by atoms with van der Waals surface area (Å²) in [7, 11) is 0. The molecule has 0 bridgehead atoms. The maximum atomic E-state index is 6.62. The standard InChI is InChI=1S/C30H31ClN8O2/c1-3-37(4-2)12-5-6-13-38-15-16-40-29-25(38)9-8-24-28(29)30(34-19-32-24)36-21-7-10-26(23(31)17-21)41-22-11-14-39-27(18-22)33-20-35-39/h5-11,14,17-20H,3-4,12-13,15-16H2,1-2H3,(H,32,34,36)/b6-5+. The van der Waals surface area contributed by atoms with E-state index in [0.29, 0.717) is 34.6 Å². The van der Waals surface area contributed by atoms with Crippen molar-refractivity contribution in [2.45, 2.75) is 13.8 Å². The number of benzene rings is 2. The van der Waals surface area contributed by atoms with Crippen LogP contribution in [0.25, 0.3) is 16.6 Å². The zero-order chi connectivity index (χ0) is 28.2. The maximum Gasteiger partial charge on any atom is 0.158 e. The number of pyridine rings is 1. The molecule has 11 heteroatoms. The summed E-state index contributed by atoms with van der Waals surface area (Å²) in [6, 6.07) is 13.2. The van der Waals surface area contributed by atoms with Crippen molar-refractivity contribution in [2.75, 3.05) is 49.5 Å². The zero-order valence-electron chi connectivity index (χ0n) is 23.0. The molecule has 0 aliphatic carbocycles. The van der Waals surface area contributed by atoms with Crippen LogP contribution in [0.4, 0.5) is 17.2 Å². The largest absolute Gasteiger partial charge is 0.489 e. The third kappa shape index (κ3) is 5.75. The van der Waals surface area contributed by atoms with Crippen LogP contribution in [-0.2, 0) is 0 Å². The van der Waals surface area contributed by atoms with E-state index in [0.717, 1.165) is 60.8 Å². The Balaban J connectivity index is 1.23. The number of ether oxygens (including phenoxy) is 2. The molecule has 10 nitrogen and oxygen atoms in total. The Bertz CT molecular complexity index is 1700. The molecule has 0 atom stereocenters. The summed E-state index contributed by atoms with van der Waals surface area (Å²) in [4.78, 5) is 18.0. The van der Waals surface area contributed by atoms with Crippen LogP contribution in [-0.4, -0.2) is 68.8 Å². The SMILES string of the molecule is CCN(CC)C/C=C/CN1CCOc2c1ccc1ncnc(Nc3ccc(Oc4ccn5ncnc5c4)c(Cl)c3)c21. The lowest BCUT2D eigenvalue weighted by Gasteiger charge is -2.31. The Morgan fingerprint density at radius 3 is 2.80 bits per heavy atom. The van der Waals surface area contributed by atoms with Gasteiger partial charge in [-0.1, -0.05) is 37.6 Å². The van der Waals surface area contributed by atoms with Gasteiger partial charge in [-0.15, -0.1) is 0 Å². The zero-order valence-corrected chi connectivity index (χ0v) is 23.8. The van der Waals surface area contributed by atoms with Crippen molar-refractivity contribution in [3.8, 4) is 17.2 Å². The highest BCUT2D eigenvalue weighted by Crippen LogP contribution is 2.42.